The standard InChI is InChI=1S/C27H40N2O3/c1-28(2)15-25-26(31-17-20-3-4-20)8-7-24-21(18-32-27(24)25)6-5-19-9-11-29(12-10-19)14-22-13-23(22)16-30/h7-8,18-20,22-23,30H,3-6,9-17H2,1-2H3/t22-,23?/m1/s1. The van der Waals surface area contributed by atoms with Gasteiger partial charge in [-0.05, 0) is 113 Å². The van der Waals surface area contributed by atoms with E-state index in [1.54, 1.807) is 0 Å². The lowest BCUT2D eigenvalue weighted by Crippen LogP contribution is -2.35. The molecule has 2 heterocycles. The first kappa shape index (κ1) is 22.2. The summed E-state index contributed by atoms with van der Waals surface area (Å²) in [6.07, 6.45) is 10.8. The zero-order chi connectivity index (χ0) is 22.1. The Morgan fingerprint density at radius 3 is 2.59 bits per heavy atom. The highest BCUT2D eigenvalue weighted by Gasteiger charge is 2.37. The number of ether oxygens (including phenoxy) is 1. The fourth-order valence-corrected chi connectivity index (χ4v) is 5.38. The summed E-state index contributed by atoms with van der Waals surface area (Å²) in [5.74, 6) is 3.89. The van der Waals surface area contributed by atoms with E-state index in [9.17, 15) is 5.11 Å². The molecule has 5 rings (SSSR count). The molecule has 3 aliphatic rings. The molecule has 2 aliphatic carbocycles. The average molecular weight is 441 g/mol. The predicted octanol–water partition coefficient (Wildman–Crippen LogP) is 4.56. The summed E-state index contributed by atoms with van der Waals surface area (Å²) in [6.45, 7) is 5.69. The lowest BCUT2D eigenvalue weighted by Gasteiger charge is -2.32. The van der Waals surface area contributed by atoms with Crippen molar-refractivity contribution in [1.29, 1.82) is 0 Å². The number of rotatable bonds is 11. The number of fused-ring (bicyclic) bond motifs is 1. The molecule has 2 atom stereocenters. The van der Waals surface area contributed by atoms with Gasteiger partial charge in [-0.25, -0.2) is 0 Å². The molecular formula is C27H40N2O3. The minimum absolute atomic E-state index is 0.379. The number of hydrogen-bond donors (Lipinski definition) is 1. The van der Waals surface area contributed by atoms with Gasteiger partial charge in [0.15, 0.2) is 0 Å². The van der Waals surface area contributed by atoms with E-state index in [2.05, 4.69) is 36.0 Å². The van der Waals surface area contributed by atoms with Crippen LogP contribution in [0.15, 0.2) is 22.8 Å². The summed E-state index contributed by atoms with van der Waals surface area (Å²) >= 11 is 0. The van der Waals surface area contributed by atoms with E-state index in [4.69, 9.17) is 9.15 Å². The number of aryl methyl sites for hydroxylation is 1. The largest absolute Gasteiger partial charge is 0.493 e. The fourth-order valence-electron chi connectivity index (χ4n) is 5.38. The summed E-state index contributed by atoms with van der Waals surface area (Å²) in [7, 11) is 4.21. The van der Waals surface area contributed by atoms with Gasteiger partial charge in [-0.15, -0.1) is 0 Å². The Kier molecular flexibility index (Phi) is 6.77. The molecule has 2 saturated carbocycles. The van der Waals surface area contributed by atoms with Crippen molar-refractivity contribution in [2.75, 3.05) is 46.9 Å². The molecule has 0 amide bonds. The van der Waals surface area contributed by atoms with Gasteiger partial charge in [-0.1, -0.05) is 0 Å². The Morgan fingerprint density at radius 2 is 1.91 bits per heavy atom. The maximum absolute atomic E-state index is 9.27. The molecule has 5 heteroatoms. The first-order valence-electron chi connectivity index (χ1n) is 12.7. The highest BCUT2D eigenvalue weighted by atomic mass is 16.5. The number of furan rings is 1. The molecule has 2 aromatic rings. The molecule has 176 valence electrons. The van der Waals surface area contributed by atoms with Crippen molar-refractivity contribution in [3.05, 3.63) is 29.5 Å². The van der Waals surface area contributed by atoms with Gasteiger partial charge in [0.2, 0.25) is 0 Å². The van der Waals surface area contributed by atoms with E-state index in [0.717, 1.165) is 48.7 Å². The molecule has 0 spiro atoms. The van der Waals surface area contributed by atoms with Crippen molar-refractivity contribution < 1.29 is 14.3 Å². The third-order valence-corrected chi connectivity index (χ3v) is 7.85. The minimum Gasteiger partial charge on any atom is -0.493 e. The van der Waals surface area contributed by atoms with Crippen LogP contribution in [0.4, 0.5) is 0 Å². The monoisotopic (exact) mass is 440 g/mol. The Labute approximate surface area is 192 Å². The highest BCUT2D eigenvalue weighted by molar-refractivity contribution is 5.86. The number of benzene rings is 1. The average Bonchev–Trinajstić information content (AvgIpc) is 3.71. The van der Waals surface area contributed by atoms with Crippen LogP contribution < -0.4 is 4.74 Å². The molecule has 32 heavy (non-hydrogen) atoms. The molecule has 3 fully saturated rings. The van der Waals surface area contributed by atoms with Crippen LogP contribution in [0.1, 0.15) is 49.7 Å². The Morgan fingerprint density at radius 1 is 1.09 bits per heavy atom. The molecule has 1 saturated heterocycles. The Hall–Kier alpha value is -1.56. The molecule has 1 aromatic carbocycles. The third-order valence-electron chi connectivity index (χ3n) is 7.85. The second-order valence-electron chi connectivity index (χ2n) is 10.9. The van der Waals surface area contributed by atoms with Crippen molar-refractivity contribution in [1.82, 2.24) is 9.80 Å². The van der Waals surface area contributed by atoms with E-state index in [1.165, 1.54) is 74.7 Å². The topological polar surface area (TPSA) is 49.1 Å². The van der Waals surface area contributed by atoms with E-state index in [-0.39, 0.29) is 0 Å². The fraction of sp³-hybridized carbons (Fsp3) is 0.704. The molecule has 1 unspecified atom stereocenters. The molecule has 5 nitrogen and oxygen atoms in total. The van der Waals surface area contributed by atoms with Crippen molar-refractivity contribution in [2.24, 2.45) is 23.7 Å². The van der Waals surface area contributed by atoms with Gasteiger partial charge in [-0.2, -0.15) is 0 Å². The number of nitrogens with zero attached hydrogens (tertiary/aromatic N) is 2. The zero-order valence-electron chi connectivity index (χ0n) is 19.9. The van der Waals surface area contributed by atoms with Crippen LogP contribution in [0.5, 0.6) is 5.75 Å². The van der Waals surface area contributed by atoms with E-state index >= 15 is 0 Å². The zero-order valence-corrected chi connectivity index (χ0v) is 19.9. The van der Waals surface area contributed by atoms with Crippen molar-refractivity contribution in [3.63, 3.8) is 0 Å². The Bertz CT molecular complexity index is 896. The number of likely N-dealkylation sites (tertiary alicyclic amines) is 1. The smallest absolute Gasteiger partial charge is 0.142 e. The van der Waals surface area contributed by atoms with Gasteiger partial charge < -0.3 is 24.1 Å². The first-order chi connectivity index (χ1) is 15.6. The second kappa shape index (κ2) is 9.74. The molecule has 0 radical (unpaired) electrons. The van der Waals surface area contributed by atoms with Crippen LogP contribution in [0, 0.1) is 23.7 Å². The molecule has 0 bridgehead atoms. The van der Waals surface area contributed by atoms with Crippen molar-refractivity contribution in [2.45, 2.75) is 51.5 Å². The number of aliphatic hydroxyl groups is 1. The summed E-state index contributed by atoms with van der Waals surface area (Å²) in [4.78, 5) is 4.82. The van der Waals surface area contributed by atoms with Gasteiger partial charge >= 0.3 is 0 Å². The van der Waals surface area contributed by atoms with Gasteiger partial charge in [0.25, 0.3) is 0 Å². The van der Waals surface area contributed by atoms with E-state index in [0.29, 0.717) is 12.5 Å². The minimum atomic E-state index is 0.379. The summed E-state index contributed by atoms with van der Waals surface area (Å²) < 4.78 is 12.3. The van der Waals surface area contributed by atoms with E-state index < -0.39 is 0 Å². The third kappa shape index (κ3) is 5.32. The van der Waals surface area contributed by atoms with Crippen LogP contribution >= 0.6 is 0 Å². The molecule has 1 aliphatic heterocycles. The number of aliphatic hydroxyl groups excluding tert-OH is 1. The van der Waals surface area contributed by atoms with Crippen LogP contribution in [0.3, 0.4) is 0 Å². The SMILES string of the molecule is CN(C)Cc1c(OCC2CC2)ccc2c(CCC3CCN(C[C@H]4CC4CO)CC3)coc12. The summed E-state index contributed by atoms with van der Waals surface area (Å²) in [5, 5.41) is 10.5. The lowest BCUT2D eigenvalue weighted by molar-refractivity contribution is 0.166. The summed E-state index contributed by atoms with van der Waals surface area (Å²) in [6, 6.07) is 4.38. The van der Waals surface area contributed by atoms with E-state index in [1.807, 2.05) is 6.26 Å². The van der Waals surface area contributed by atoms with Crippen LogP contribution in [0.2, 0.25) is 0 Å². The van der Waals surface area contributed by atoms with Crippen LogP contribution in [0.25, 0.3) is 11.0 Å². The first-order valence-corrected chi connectivity index (χ1v) is 12.7. The normalized spacial score (nSPS) is 24.5. The number of piperidine rings is 1. The molecular weight excluding hydrogens is 400 g/mol. The summed E-state index contributed by atoms with van der Waals surface area (Å²) in [5.41, 5.74) is 3.55. The molecule has 1 aromatic heterocycles. The van der Waals surface area contributed by atoms with Gasteiger partial charge in [0.1, 0.15) is 11.3 Å². The van der Waals surface area contributed by atoms with Crippen molar-refractivity contribution in [3.8, 4) is 5.75 Å². The van der Waals surface area contributed by atoms with Crippen LogP contribution in [-0.4, -0.2) is 61.8 Å². The lowest BCUT2D eigenvalue weighted by atomic mass is 9.90. The maximum Gasteiger partial charge on any atom is 0.142 e. The van der Waals surface area contributed by atoms with Gasteiger partial charge in [0.05, 0.1) is 18.4 Å². The second-order valence-corrected chi connectivity index (χ2v) is 10.9. The van der Waals surface area contributed by atoms with Gasteiger partial charge in [-0.3, -0.25) is 0 Å². The Balaban J connectivity index is 1.18. The predicted molar refractivity (Wildman–Crippen MR) is 128 cm³/mol. The van der Waals surface area contributed by atoms with Crippen molar-refractivity contribution >= 4 is 11.0 Å². The van der Waals surface area contributed by atoms with Crippen LogP contribution in [-0.2, 0) is 13.0 Å². The van der Waals surface area contributed by atoms with Gasteiger partial charge in [0, 0.05) is 25.1 Å². The molecule has 1 N–H and O–H groups in total. The number of hydrogen-bond acceptors (Lipinski definition) is 5. The maximum atomic E-state index is 9.27. The quantitative estimate of drug-likeness (QED) is 0.555. The highest BCUT2D eigenvalue weighted by Crippen LogP contribution is 2.39.